The van der Waals surface area contributed by atoms with Crippen LogP contribution in [-0.4, -0.2) is 28.7 Å². The van der Waals surface area contributed by atoms with E-state index in [4.69, 9.17) is 5.26 Å². The average molecular weight is 348 g/mol. The summed E-state index contributed by atoms with van der Waals surface area (Å²) >= 11 is 3.28. The molecule has 0 bridgehead atoms. The number of fused-ring (bicyclic) bond motifs is 1. The monoisotopic (exact) mass is 347 g/mol. The second-order valence-corrected chi connectivity index (χ2v) is 5.77. The normalized spacial score (nSPS) is 21.0. The smallest absolute Gasteiger partial charge is 0.256 e. The molecule has 2 aliphatic rings. The highest BCUT2D eigenvalue weighted by atomic mass is 79.9. The van der Waals surface area contributed by atoms with E-state index in [1.807, 2.05) is 6.07 Å². The number of benzene rings is 1. The second-order valence-electron chi connectivity index (χ2n) is 4.97. The van der Waals surface area contributed by atoms with Gasteiger partial charge in [0.15, 0.2) is 0 Å². The first kappa shape index (κ1) is 13.8. The van der Waals surface area contributed by atoms with Crippen LogP contribution in [0.25, 0.3) is 0 Å². The van der Waals surface area contributed by atoms with Crippen molar-refractivity contribution in [1.82, 2.24) is 10.2 Å². The Labute approximate surface area is 128 Å². The summed E-state index contributed by atoms with van der Waals surface area (Å²) in [6, 6.07) is 4.74. The molecule has 0 saturated carbocycles. The third kappa shape index (κ3) is 2.12. The summed E-state index contributed by atoms with van der Waals surface area (Å²) in [7, 11) is 0. The minimum absolute atomic E-state index is 0.223. The molecule has 0 radical (unpaired) electrons. The molecule has 3 rings (SSSR count). The number of nitrogens with zero attached hydrogens (tertiary/aromatic N) is 2. The molecule has 21 heavy (non-hydrogen) atoms. The molecular formula is C14H10BrN3O3. The maximum absolute atomic E-state index is 12.5. The lowest BCUT2D eigenvalue weighted by Crippen LogP contribution is -2.52. The molecule has 2 heterocycles. The van der Waals surface area contributed by atoms with Gasteiger partial charge < -0.3 is 4.90 Å². The number of rotatable bonds is 1. The SMILES string of the molecule is N#Cc1ccc2c(c1Br)C(=O)N(C1CCC(=O)NC1=O)C2. The van der Waals surface area contributed by atoms with Crippen LogP contribution in [0.5, 0.6) is 0 Å². The maximum Gasteiger partial charge on any atom is 0.256 e. The first-order valence-corrected chi connectivity index (χ1v) is 7.18. The first-order valence-electron chi connectivity index (χ1n) is 6.39. The summed E-state index contributed by atoms with van der Waals surface area (Å²) in [4.78, 5) is 37.1. The van der Waals surface area contributed by atoms with Crippen molar-refractivity contribution in [1.29, 1.82) is 5.26 Å². The van der Waals surface area contributed by atoms with Crippen LogP contribution in [0.4, 0.5) is 0 Å². The van der Waals surface area contributed by atoms with Crippen LogP contribution >= 0.6 is 15.9 Å². The van der Waals surface area contributed by atoms with Crippen molar-refractivity contribution in [2.24, 2.45) is 0 Å². The molecule has 0 spiro atoms. The van der Waals surface area contributed by atoms with Crippen molar-refractivity contribution in [2.45, 2.75) is 25.4 Å². The van der Waals surface area contributed by atoms with Gasteiger partial charge in [-0.1, -0.05) is 6.07 Å². The molecule has 1 aromatic rings. The fourth-order valence-electron chi connectivity index (χ4n) is 2.70. The van der Waals surface area contributed by atoms with Gasteiger partial charge in [-0.05, 0) is 34.0 Å². The van der Waals surface area contributed by atoms with Crippen molar-refractivity contribution in [3.8, 4) is 6.07 Å². The zero-order valence-corrected chi connectivity index (χ0v) is 12.4. The van der Waals surface area contributed by atoms with Gasteiger partial charge in [-0.25, -0.2) is 0 Å². The highest BCUT2D eigenvalue weighted by molar-refractivity contribution is 9.10. The van der Waals surface area contributed by atoms with Gasteiger partial charge in [0.2, 0.25) is 11.8 Å². The Kier molecular flexibility index (Phi) is 3.26. The lowest BCUT2D eigenvalue weighted by molar-refractivity contribution is -0.136. The zero-order chi connectivity index (χ0) is 15.1. The topological polar surface area (TPSA) is 90.3 Å². The van der Waals surface area contributed by atoms with Crippen LogP contribution in [0, 0.1) is 11.3 Å². The van der Waals surface area contributed by atoms with Crippen molar-refractivity contribution in [3.05, 3.63) is 33.3 Å². The molecule has 1 fully saturated rings. The number of imide groups is 1. The summed E-state index contributed by atoms with van der Waals surface area (Å²) in [5, 5.41) is 11.3. The second kappa shape index (κ2) is 4.97. The van der Waals surface area contributed by atoms with Crippen LogP contribution in [0.15, 0.2) is 16.6 Å². The van der Waals surface area contributed by atoms with E-state index in [2.05, 4.69) is 21.2 Å². The van der Waals surface area contributed by atoms with Crippen LogP contribution in [-0.2, 0) is 16.1 Å². The first-order chi connectivity index (χ1) is 10.0. The van der Waals surface area contributed by atoms with Crippen LogP contribution in [0.3, 0.4) is 0 Å². The number of nitrogens with one attached hydrogen (secondary N) is 1. The van der Waals surface area contributed by atoms with E-state index >= 15 is 0 Å². The zero-order valence-electron chi connectivity index (χ0n) is 10.9. The molecule has 1 aromatic carbocycles. The molecule has 0 aliphatic carbocycles. The van der Waals surface area contributed by atoms with Gasteiger partial charge >= 0.3 is 0 Å². The van der Waals surface area contributed by atoms with Crippen LogP contribution < -0.4 is 5.32 Å². The molecule has 106 valence electrons. The Morgan fingerprint density at radius 1 is 1.33 bits per heavy atom. The van der Waals surface area contributed by atoms with Crippen LogP contribution in [0.1, 0.15) is 34.3 Å². The standard InChI is InChI=1S/C14H10BrN3O3/c15-12-7(5-16)1-2-8-6-18(14(21)11(8)12)9-3-4-10(19)17-13(9)20/h1-2,9H,3-4,6H2,(H,17,19,20). The predicted molar refractivity (Wildman–Crippen MR) is 74.9 cm³/mol. The van der Waals surface area contributed by atoms with Gasteiger partial charge in [0.05, 0.1) is 11.1 Å². The molecule has 3 amide bonds. The van der Waals surface area contributed by atoms with Crippen molar-refractivity contribution in [2.75, 3.05) is 0 Å². The minimum atomic E-state index is -0.639. The van der Waals surface area contributed by atoms with E-state index < -0.39 is 11.9 Å². The minimum Gasteiger partial charge on any atom is -0.322 e. The number of hydrogen-bond acceptors (Lipinski definition) is 4. The quantitative estimate of drug-likeness (QED) is 0.769. The number of nitriles is 1. The summed E-state index contributed by atoms with van der Waals surface area (Å²) in [5.41, 5.74) is 1.58. The number of carbonyl (C=O) groups is 3. The summed E-state index contributed by atoms with van der Waals surface area (Å²) in [6.07, 6.45) is 0.550. The van der Waals surface area contributed by atoms with E-state index in [0.717, 1.165) is 5.56 Å². The largest absolute Gasteiger partial charge is 0.322 e. The number of piperidine rings is 1. The lowest BCUT2D eigenvalue weighted by Gasteiger charge is -2.29. The van der Waals surface area contributed by atoms with Crippen molar-refractivity contribution >= 4 is 33.7 Å². The van der Waals surface area contributed by atoms with Gasteiger partial charge in [0.1, 0.15) is 12.1 Å². The van der Waals surface area contributed by atoms with Crippen molar-refractivity contribution in [3.63, 3.8) is 0 Å². The summed E-state index contributed by atoms with van der Waals surface area (Å²) in [5.74, 6) is -1.04. The fourth-order valence-corrected chi connectivity index (χ4v) is 3.34. The highest BCUT2D eigenvalue weighted by Crippen LogP contribution is 2.34. The molecule has 1 unspecified atom stereocenters. The molecule has 2 aliphatic heterocycles. The lowest BCUT2D eigenvalue weighted by atomic mass is 10.0. The van der Waals surface area contributed by atoms with E-state index in [9.17, 15) is 14.4 Å². The fraction of sp³-hybridized carbons (Fsp3) is 0.286. The number of hydrogen-bond donors (Lipinski definition) is 1. The average Bonchev–Trinajstić information content (AvgIpc) is 2.77. The Hall–Kier alpha value is -2.20. The Bertz CT molecular complexity index is 723. The highest BCUT2D eigenvalue weighted by Gasteiger charge is 2.40. The molecule has 6 nitrogen and oxygen atoms in total. The number of halogens is 1. The Morgan fingerprint density at radius 3 is 2.76 bits per heavy atom. The predicted octanol–water partition coefficient (Wildman–Crippen LogP) is 1.08. The van der Waals surface area contributed by atoms with E-state index in [-0.39, 0.29) is 18.2 Å². The van der Waals surface area contributed by atoms with E-state index in [1.165, 1.54) is 4.90 Å². The van der Waals surface area contributed by atoms with E-state index in [1.54, 1.807) is 12.1 Å². The Balaban J connectivity index is 1.94. The molecule has 7 heteroatoms. The third-order valence-electron chi connectivity index (χ3n) is 3.75. The molecule has 1 saturated heterocycles. The third-order valence-corrected chi connectivity index (χ3v) is 4.57. The van der Waals surface area contributed by atoms with Gasteiger partial charge in [0.25, 0.3) is 5.91 Å². The van der Waals surface area contributed by atoms with Gasteiger partial charge in [-0.2, -0.15) is 5.26 Å². The summed E-state index contributed by atoms with van der Waals surface area (Å²) < 4.78 is 0.460. The molecule has 0 aromatic heterocycles. The van der Waals surface area contributed by atoms with E-state index in [0.29, 0.717) is 28.6 Å². The van der Waals surface area contributed by atoms with Crippen molar-refractivity contribution < 1.29 is 14.4 Å². The maximum atomic E-state index is 12.5. The molecular weight excluding hydrogens is 338 g/mol. The van der Waals surface area contributed by atoms with Gasteiger partial charge in [0, 0.05) is 17.4 Å². The van der Waals surface area contributed by atoms with Gasteiger partial charge in [-0.15, -0.1) is 0 Å². The van der Waals surface area contributed by atoms with Gasteiger partial charge in [-0.3, -0.25) is 19.7 Å². The summed E-state index contributed by atoms with van der Waals surface area (Å²) in [6.45, 7) is 0.310. The van der Waals surface area contributed by atoms with Crippen LogP contribution in [0.2, 0.25) is 0 Å². The molecule has 1 atom stereocenters. The number of carbonyl (C=O) groups excluding carboxylic acids is 3. The molecule has 1 N–H and O–H groups in total. The Morgan fingerprint density at radius 2 is 2.10 bits per heavy atom. The number of amides is 3.